The molecule has 6 heteroatoms. The molecule has 0 fully saturated rings. The van der Waals surface area contributed by atoms with Gasteiger partial charge in [0.2, 0.25) is 10.0 Å². The average molecular weight is 247 g/mol. The number of hydrogen-bond donors (Lipinski definition) is 2. The lowest BCUT2D eigenvalue weighted by Gasteiger charge is -2.09. The van der Waals surface area contributed by atoms with Crippen molar-refractivity contribution in [2.45, 2.75) is 4.90 Å². The Balaban J connectivity index is 3.02. The molecule has 1 aromatic rings. The summed E-state index contributed by atoms with van der Waals surface area (Å²) in [5.41, 5.74) is 0.418. The number of benzene rings is 1. The Hall–Kier alpha value is -1.04. The first-order valence-electron chi connectivity index (χ1n) is 4.10. The normalized spacial score (nSPS) is 11.1. The van der Waals surface area contributed by atoms with Gasteiger partial charge in [-0.3, -0.25) is 0 Å². The molecule has 0 aliphatic carbocycles. The van der Waals surface area contributed by atoms with Gasteiger partial charge in [0.25, 0.3) is 0 Å². The van der Waals surface area contributed by atoms with Crippen molar-refractivity contribution in [1.82, 2.24) is 0 Å². The minimum atomic E-state index is -3.72. The van der Waals surface area contributed by atoms with E-state index in [1.54, 1.807) is 18.2 Å². The summed E-state index contributed by atoms with van der Waals surface area (Å²) in [6, 6.07) is 6.34. The van der Waals surface area contributed by atoms with Gasteiger partial charge in [-0.1, -0.05) is 30.3 Å². The van der Waals surface area contributed by atoms with Crippen molar-refractivity contribution in [3.05, 3.63) is 35.9 Å². The lowest BCUT2D eigenvalue weighted by Crippen LogP contribution is -2.15. The Labute approximate surface area is 93.8 Å². The van der Waals surface area contributed by atoms with E-state index in [2.05, 4.69) is 11.9 Å². The molecule has 0 bridgehead atoms. The molecule has 82 valence electrons. The molecule has 0 saturated carbocycles. The van der Waals surface area contributed by atoms with Gasteiger partial charge in [-0.05, 0) is 12.1 Å². The Morgan fingerprint density at radius 2 is 2.07 bits per heavy atom. The number of nitrogens with two attached hydrogens (primary N) is 1. The summed E-state index contributed by atoms with van der Waals surface area (Å²) >= 11 is 5.56. The summed E-state index contributed by atoms with van der Waals surface area (Å²) in [4.78, 5) is 0.0444. The number of primary sulfonamides is 1. The second-order valence-electron chi connectivity index (χ2n) is 2.91. The average Bonchev–Trinajstić information content (AvgIpc) is 2.13. The third-order valence-electron chi connectivity index (χ3n) is 1.66. The molecule has 0 amide bonds. The number of nitrogens with one attached hydrogen (secondary N) is 1. The van der Waals surface area contributed by atoms with Crippen molar-refractivity contribution in [3.63, 3.8) is 0 Å². The minimum absolute atomic E-state index is 0.0444. The van der Waals surface area contributed by atoms with Crippen LogP contribution in [0.4, 0.5) is 5.69 Å². The summed E-state index contributed by atoms with van der Waals surface area (Å²) < 4.78 is 22.4. The van der Waals surface area contributed by atoms with Gasteiger partial charge >= 0.3 is 0 Å². The van der Waals surface area contributed by atoms with Crippen LogP contribution in [0.5, 0.6) is 0 Å². The molecule has 0 unspecified atom stereocenters. The molecule has 0 radical (unpaired) electrons. The highest BCUT2D eigenvalue weighted by atomic mass is 35.5. The smallest absolute Gasteiger partial charge is 0.240 e. The lowest BCUT2D eigenvalue weighted by atomic mass is 10.3. The summed E-state index contributed by atoms with van der Waals surface area (Å²) in [5.74, 6) is 0. The molecule has 0 saturated heterocycles. The third-order valence-corrected chi connectivity index (χ3v) is 2.77. The van der Waals surface area contributed by atoms with E-state index in [1.807, 2.05) is 0 Å². The van der Waals surface area contributed by atoms with Crippen LogP contribution in [-0.2, 0) is 10.0 Å². The van der Waals surface area contributed by atoms with Gasteiger partial charge < -0.3 is 5.32 Å². The number of sulfonamides is 1. The van der Waals surface area contributed by atoms with Gasteiger partial charge in [0.15, 0.2) is 0 Å². The predicted octanol–water partition coefficient (Wildman–Crippen LogP) is 1.50. The van der Waals surface area contributed by atoms with Crippen LogP contribution in [-0.4, -0.2) is 15.0 Å². The first-order chi connectivity index (χ1) is 6.91. The van der Waals surface area contributed by atoms with E-state index in [-0.39, 0.29) is 11.4 Å². The van der Waals surface area contributed by atoms with E-state index < -0.39 is 10.0 Å². The van der Waals surface area contributed by atoms with E-state index >= 15 is 0 Å². The Kier molecular flexibility index (Phi) is 3.73. The molecular weight excluding hydrogens is 236 g/mol. The van der Waals surface area contributed by atoms with E-state index in [9.17, 15) is 8.42 Å². The molecule has 1 rings (SSSR count). The fraction of sp³-hybridized carbons (Fsp3) is 0.111. The van der Waals surface area contributed by atoms with Crippen LogP contribution in [0.25, 0.3) is 0 Å². The monoisotopic (exact) mass is 246 g/mol. The summed E-state index contributed by atoms with van der Waals surface area (Å²) in [7, 11) is -3.72. The van der Waals surface area contributed by atoms with E-state index in [0.29, 0.717) is 10.7 Å². The fourth-order valence-electron chi connectivity index (χ4n) is 1.05. The molecular formula is C9H11ClN2O2S. The highest BCUT2D eigenvalue weighted by Crippen LogP contribution is 2.19. The van der Waals surface area contributed by atoms with E-state index in [1.165, 1.54) is 6.07 Å². The van der Waals surface area contributed by atoms with Gasteiger partial charge in [0, 0.05) is 5.03 Å². The van der Waals surface area contributed by atoms with Crippen LogP contribution in [0.3, 0.4) is 0 Å². The Bertz CT molecular complexity index is 471. The SMILES string of the molecule is C=C(Cl)CNc1ccccc1S(N)(=O)=O. The molecule has 0 spiro atoms. The van der Waals surface area contributed by atoms with Crippen molar-refractivity contribution >= 4 is 27.3 Å². The van der Waals surface area contributed by atoms with Gasteiger partial charge in [0.1, 0.15) is 4.90 Å². The molecule has 0 aromatic heterocycles. The number of anilines is 1. The third kappa shape index (κ3) is 3.54. The number of hydrogen-bond acceptors (Lipinski definition) is 3. The zero-order valence-electron chi connectivity index (χ0n) is 7.90. The molecule has 0 aliphatic heterocycles. The quantitative estimate of drug-likeness (QED) is 0.846. The number of rotatable bonds is 4. The zero-order valence-corrected chi connectivity index (χ0v) is 9.48. The maximum absolute atomic E-state index is 11.2. The second kappa shape index (κ2) is 4.65. The van der Waals surface area contributed by atoms with Crippen LogP contribution in [0.2, 0.25) is 0 Å². The van der Waals surface area contributed by atoms with E-state index in [4.69, 9.17) is 16.7 Å². The first-order valence-corrected chi connectivity index (χ1v) is 6.02. The first kappa shape index (κ1) is 12.0. The topological polar surface area (TPSA) is 72.2 Å². The van der Waals surface area contributed by atoms with Crippen LogP contribution >= 0.6 is 11.6 Å². The molecule has 4 nitrogen and oxygen atoms in total. The highest BCUT2D eigenvalue weighted by molar-refractivity contribution is 7.89. The predicted molar refractivity (Wildman–Crippen MR) is 61.3 cm³/mol. The maximum atomic E-state index is 11.2. The molecule has 3 N–H and O–H groups in total. The van der Waals surface area contributed by atoms with Crippen LogP contribution in [0.1, 0.15) is 0 Å². The van der Waals surface area contributed by atoms with Crippen LogP contribution in [0.15, 0.2) is 40.8 Å². The summed E-state index contributed by atoms with van der Waals surface area (Å²) in [6.45, 7) is 3.77. The molecule has 0 heterocycles. The van der Waals surface area contributed by atoms with Gasteiger partial charge in [-0.2, -0.15) is 0 Å². The highest BCUT2D eigenvalue weighted by Gasteiger charge is 2.12. The minimum Gasteiger partial charge on any atom is -0.379 e. The molecule has 1 aromatic carbocycles. The molecule has 0 atom stereocenters. The number of para-hydroxylation sites is 1. The van der Waals surface area contributed by atoms with E-state index in [0.717, 1.165) is 0 Å². The van der Waals surface area contributed by atoms with Crippen molar-refractivity contribution in [2.24, 2.45) is 5.14 Å². The van der Waals surface area contributed by atoms with Gasteiger partial charge in [0.05, 0.1) is 12.2 Å². The summed E-state index contributed by atoms with van der Waals surface area (Å²) in [6.07, 6.45) is 0. The zero-order chi connectivity index (χ0) is 11.5. The molecule has 15 heavy (non-hydrogen) atoms. The standard InChI is InChI=1S/C9H11ClN2O2S/c1-7(10)6-12-8-4-2-3-5-9(8)15(11,13)14/h2-5,12H,1,6H2,(H2,11,13,14). The maximum Gasteiger partial charge on any atom is 0.240 e. The van der Waals surface area contributed by atoms with Crippen molar-refractivity contribution < 1.29 is 8.42 Å². The fourth-order valence-corrected chi connectivity index (χ4v) is 1.83. The van der Waals surface area contributed by atoms with Gasteiger partial charge in [-0.25, -0.2) is 13.6 Å². The Morgan fingerprint density at radius 1 is 1.47 bits per heavy atom. The van der Waals surface area contributed by atoms with Crippen molar-refractivity contribution in [3.8, 4) is 0 Å². The second-order valence-corrected chi connectivity index (χ2v) is 4.98. The largest absolute Gasteiger partial charge is 0.379 e. The van der Waals surface area contributed by atoms with Crippen LogP contribution < -0.4 is 10.5 Å². The number of halogens is 1. The van der Waals surface area contributed by atoms with Crippen molar-refractivity contribution in [2.75, 3.05) is 11.9 Å². The summed E-state index contributed by atoms with van der Waals surface area (Å²) in [5, 5.41) is 8.26. The molecule has 0 aliphatic rings. The van der Waals surface area contributed by atoms with Gasteiger partial charge in [-0.15, -0.1) is 0 Å². The Morgan fingerprint density at radius 3 is 2.60 bits per heavy atom. The van der Waals surface area contributed by atoms with Crippen LogP contribution in [0, 0.1) is 0 Å². The lowest BCUT2D eigenvalue weighted by molar-refractivity contribution is 0.598. The van der Waals surface area contributed by atoms with Crippen molar-refractivity contribution in [1.29, 1.82) is 0 Å².